The van der Waals surface area contributed by atoms with Crippen LogP contribution in [-0.2, 0) is 24.0 Å². The molecule has 0 unspecified atom stereocenters. The van der Waals surface area contributed by atoms with Gasteiger partial charge in [-0.25, -0.2) is 0 Å². The highest BCUT2D eigenvalue weighted by molar-refractivity contribution is 7.80. The van der Waals surface area contributed by atoms with Crippen molar-refractivity contribution in [2.45, 2.75) is 32.0 Å². The molecule has 0 aromatic heterocycles. The van der Waals surface area contributed by atoms with Gasteiger partial charge >= 0.3 is 0 Å². The van der Waals surface area contributed by atoms with Crippen LogP contribution in [0.25, 0.3) is 0 Å². The van der Waals surface area contributed by atoms with Crippen molar-refractivity contribution < 1.29 is 24.0 Å². The van der Waals surface area contributed by atoms with Crippen molar-refractivity contribution in [3.8, 4) is 0 Å². The van der Waals surface area contributed by atoms with Gasteiger partial charge in [0.1, 0.15) is 18.1 Å². The Morgan fingerprint density at radius 1 is 0.846 bits per heavy atom. The monoisotopic (exact) mass is 407 g/mol. The second-order valence-corrected chi connectivity index (χ2v) is 6.03. The molecule has 26 heavy (non-hydrogen) atoms. The zero-order chi connectivity index (χ0) is 20.3. The molecule has 0 saturated carbocycles. The van der Waals surface area contributed by atoms with Crippen LogP contribution in [0.5, 0.6) is 0 Å². The highest BCUT2D eigenvalue weighted by atomic mass is 32.1. The lowest BCUT2D eigenvalue weighted by molar-refractivity contribution is -0.132. The van der Waals surface area contributed by atoms with E-state index in [0.717, 1.165) is 0 Å². The van der Waals surface area contributed by atoms with Crippen molar-refractivity contribution in [3.05, 3.63) is 0 Å². The summed E-state index contributed by atoms with van der Waals surface area (Å²) >= 11 is 7.94. The summed E-state index contributed by atoms with van der Waals surface area (Å²) in [5.74, 6) is -2.40. The summed E-state index contributed by atoms with van der Waals surface area (Å²) in [6.07, 6.45) is 0. The van der Waals surface area contributed by atoms with Crippen molar-refractivity contribution in [3.63, 3.8) is 0 Å². The van der Waals surface area contributed by atoms with Crippen molar-refractivity contribution >= 4 is 54.8 Å². The molecule has 5 amide bonds. The molecule has 0 aliphatic heterocycles. The van der Waals surface area contributed by atoms with Gasteiger partial charge in [-0.3, -0.25) is 24.0 Å². The second-order valence-electron chi connectivity index (χ2n) is 5.30. The van der Waals surface area contributed by atoms with Crippen molar-refractivity contribution in [2.24, 2.45) is 0 Å². The Morgan fingerprint density at radius 3 is 1.85 bits per heavy atom. The molecule has 0 fully saturated rings. The van der Waals surface area contributed by atoms with Gasteiger partial charge in [-0.1, -0.05) is 0 Å². The molecular formula is C14H25N5O5S2. The van der Waals surface area contributed by atoms with Gasteiger partial charge in [0, 0.05) is 25.5 Å². The van der Waals surface area contributed by atoms with E-state index in [1.165, 1.54) is 20.9 Å². The molecule has 0 saturated heterocycles. The maximum Gasteiger partial charge on any atom is 0.243 e. The summed E-state index contributed by atoms with van der Waals surface area (Å²) < 4.78 is 0. The Morgan fingerprint density at radius 2 is 1.38 bits per heavy atom. The molecule has 148 valence electrons. The van der Waals surface area contributed by atoms with Crippen molar-refractivity contribution in [1.29, 1.82) is 0 Å². The van der Waals surface area contributed by atoms with Crippen LogP contribution in [0.15, 0.2) is 0 Å². The summed E-state index contributed by atoms with van der Waals surface area (Å²) in [6, 6.07) is -2.63. The smallest absolute Gasteiger partial charge is 0.243 e. The van der Waals surface area contributed by atoms with E-state index in [9.17, 15) is 24.0 Å². The summed E-state index contributed by atoms with van der Waals surface area (Å²) in [7, 11) is 1.43. The molecule has 0 aromatic rings. The first-order chi connectivity index (χ1) is 12.2. The minimum absolute atomic E-state index is 0.0659. The molecule has 0 bridgehead atoms. The zero-order valence-electron chi connectivity index (χ0n) is 14.8. The molecule has 0 rings (SSSR count). The molecular weight excluding hydrogens is 382 g/mol. The van der Waals surface area contributed by atoms with Gasteiger partial charge in [0.15, 0.2) is 0 Å². The number of hydrogen-bond donors (Lipinski definition) is 7. The predicted octanol–water partition coefficient (Wildman–Crippen LogP) is -2.80. The molecule has 10 nitrogen and oxygen atoms in total. The Balaban J connectivity index is 4.45. The maximum absolute atomic E-state index is 12.0. The summed E-state index contributed by atoms with van der Waals surface area (Å²) in [6.45, 7) is 2.31. The van der Waals surface area contributed by atoms with Crippen LogP contribution in [-0.4, -0.2) is 72.8 Å². The van der Waals surface area contributed by atoms with Crippen LogP contribution in [0.1, 0.15) is 13.8 Å². The highest BCUT2D eigenvalue weighted by Gasteiger charge is 2.23. The van der Waals surface area contributed by atoms with Crippen LogP contribution in [0.3, 0.4) is 0 Å². The first kappa shape index (κ1) is 24.1. The predicted molar refractivity (Wildman–Crippen MR) is 102 cm³/mol. The van der Waals surface area contributed by atoms with E-state index in [4.69, 9.17) is 0 Å². The maximum atomic E-state index is 12.0. The van der Waals surface area contributed by atoms with E-state index < -0.39 is 47.7 Å². The number of likely N-dealkylation sites (N-methyl/N-ethyl adjacent to an activating group) is 1. The van der Waals surface area contributed by atoms with Gasteiger partial charge in [0.2, 0.25) is 29.5 Å². The fourth-order valence-corrected chi connectivity index (χ4v) is 2.27. The molecule has 3 atom stereocenters. The molecule has 0 aromatic carbocycles. The van der Waals surface area contributed by atoms with Gasteiger partial charge in [0.05, 0.1) is 6.54 Å². The van der Waals surface area contributed by atoms with E-state index in [1.54, 1.807) is 0 Å². The van der Waals surface area contributed by atoms with E-state index in [-0.39, 0.29) is 18.1 Å². The zero-order valence-corrected chi connectivity index (χ0v) is 16.6. The number of rotatable bonds is 10. The lowest BCUT2D eigenvalue weighted by Crippen LogP contribution is -2.54. The van der Waals surface area contributed by atoms with Gasteiger partial charge in [-0.15, -0.1) is 0 Å². The van der Waals surface area contributed by atoms with Crippen molar-refractivity contribution in [1.82, 2.24) is 26.6 Å². The first-order valence-electron chi connectivity index (χ1n) is 7.74. The third-order valence-electron chi connectivity index (χ3n) is 3.13. The molecule has 0 radical (unpaired) electrons. The van der Waals surface area contributed by atoms with Crippen LogP contribution < -0.4 is 26.6 Å². The minimum Gasteiger partial charge on any atom is -0.357 e. The van der Waals surface area contributed by atoms with Crippen molar-refractivity contribution in [2.75, 3.05) is 25.1 Å². The van der Waals surface area contributed by atoms with Gasteiger partial charge < -0.3 is 26.6 Å². The second kappa shape index (κ2) is 12.4. The van der Waals surface area contributed by atoms with Gasteiger partial charge in [-0.2, -0.15) is 25.3 Å². The Hall–Kier alpha value is -1.95. The van der Waals surface area contributed by atoms with Crippen LogP contribution in [0.2, 0.25) is 0 Å². The van der Waals surface area contributed by atoms with E-state index in [2.05, 4.69) is 51.8 Å². The quantitative estimate of drug-likeness (QED) is 0.196. The van der Waals surface area contributed by atoms with Crippen LogP contribution in [0.4, 0.5) is 0 Å². The van der Waals surface area contributed by atoms with Crippen LogP contribution >= 0.6 is 25.3 Å². The number of thiol groups is 2. The minimum atomic E-state index is -0.928. The Labute approximate surface area is 162 Å². The summed E-state index contributed by atoms with van der Waals surface area (Å²) in [5, 5.41) is 12.0. The SMILES string of the molecule is CNC(=O)[C@H](CS)NC(=O)[C@H](C)NC(=O)CNC(=O)[C@H](CS)NC(C)=O. The third kappa shape index (κ3) is 8.94. The lowest BCUT2D eigenvalue weighted by atomic mass is 10.2. The number of nitrogens with one attached hydrogen (secondary N) is 5. The number of carbonyl (C=O) groups excluding carboxylic acids is 5. The Kier molecular flexibility index (Phi) is 11.5. The Bertz CT molecular complexity index is 546. The molecule has 0 spiro atoms. The van der Waals surface area contributed by atoms with Crippen LogP contribution in [0, 0.1) is 0 Å². The first-order valence-corrected chi connectivity index (χ1v) is 9.00. The molecule has 12 heteroatoms. The topological polar surface area (TPSA) is 146 Å². The summed E-state index contributed by atoms with van der Waals surface area (Å²) in [4.78, 5) is 58.2. The fraction of sp³-hybridized carbons (Fsp3) is 0.643. The standard InChI is InChI=1S/C14H25N5O5S2/c1-7(12(22)19-9(5-25)13(23)15-3)17-11(21)4-16-14(24)10(6-26)18-8(2)20/h7,9-10,25-26H,4-6H2,1-3H3,(H,15,23)(H,16,24)(H,17,21)(H,18,20)(H,19,22)/t7-,9-,10-/m0/s1. The molecule has 0 aliphatic carbocycles. The van der Waals surface area contributed by atoms with E-state index in [0.29, 0.717) is 0 Å². The normalized spacial score (nSPS) is 13.6. The average molecular weight is 408 g/mol. The van der Waals surface area contributed by atoms with Gasteiger partial charge in [-0.05, 0) is 6.92 Å². The highest BCUT2D eigenvalue weighted by Crippen LogP contribution is 1.92. The lowest BCUT2D eigenvalue weighted by Gasteiger charge is -2.19. The van der Waals surface area contributed by atoms with Gasteiger partial charge in [0.25, 0.3) is 0 Å². The van der Waals surface area contributed by atoms with E-state index in [1.807, 2.05) is 0 Å². The number of carbonyl (C=O) groups is 5. The number of amides is 5. The molecule has 0 heterocycles. The van der Waals surface area contributed by atoms with E-state index >= 15 is 0 Å². The molecule has 5 N–H and O–H groups in total. The average Bonchev–Trinajstić information content (AvgIpc) is 2.60. The number of hydrogen-bond acceptors (Lipinski definition) is 7. The third-order valence-corrected chi connectivity index (χ3v) is 3.86. The molecule has 0 aliphatic rings. The fourth-order valence-electron chi connectivity index (χ4n) is 1.75. The largest absolute Gasteiger partial charge is 0.357 e. The summed E-state index contributed by atoms with van der Waals surface area (Å²) in [5.41, 5.74) is 0.